The van der Waals surface area contributed by atoms with E-state index in [1.54, 1.807) is 24.4 Å². The van der Waals surface area contributed by atoms with Crippen LogP contribution in [0.5, 0.6) is 5.75 Å². The molecule has 0 bridgehead atoms. The van der Waals surface area contributed by atoms with Crippen molar-refractivity contribution in [1.82, 2.24) is 0 Å². The molecule has 0 radical (unpaired) electrons. The van der Waals surface area contributed by atoms with Gasteiger partial charge in [-0.2, -0.15) is 0 Å². The number of benzene rings is 4. The lowest BCUT2D eigenvalue weighted by Crippen LogP contribution is -2.15. The van der Waals surface area contributed by atoms with Gasteiger partial charge in [0.2, 0.25) is 0 Å². The number of rotatable bonds is 11. The molecule has 0 spiro atoms. The Bertz CT molecular complexity index is 1490. The van der Waals surface area contributed by atoms with Gasteiger partial charge in [-0.05, 0) is 51.9 Å². The Morgan fingerprint density at radius 1 is 0.854 bits per heavy atom. The summed E-state index contributed by atoms with van der Waals surface area (Å²) in [5.74, 6) is -1.12. The van der Waals surface area contributed by atoms with Crippen molar-refractivity contribution in [3.8, 4) is 16.9 Å². The first-order valence-electron chi connectivity index (χ1n) is 13.4. The minimum Gasteiger partial charge on any atom is -0.493 e. The van der Waals surface area contributed by atoms with Gasteiger partial charge in [0.05, 0.1) is 24.1 Å². The molecule has 7 heteroatoms. The standard InChI is InChI=1S/C34H34N2O5/c1-34(2,3)28-16-10-24(11-17-28)23-35-41-21-7-20-40-29-18-19-30(33(38)39)31(22-29)36-32(37)27-14-12-26(13-15-27)25-8-5-4-6-9-25/h4-6,8-19,22-23H,7,20-21H2,1-3H3,(H,36,37)(H,38,39)/b35-23-. The van der Waals surface area contributed by atoms with Crippen LogP contribution in [0.4, 0.5) is 5.69 Å². The highest BCUT2D eigenvalue weighted by molar-refractivity contribution is 6.08. The van der Waals surface area contributed by atoms with Gasteiger partial charge >= 0.3 is 5.97 Å². The number of nitrogens with zero attached hydrogens (tertiary/aromatic N) is 1. The average molecular weight is 551 g/mol. The summed E-state index contributed by atoms with van der Waals surface area (Å²) in [6, 6.07) is 29.6. The number of carboxylic acid groups (broad SMARTS) is 1. The van der Waals surface area contributed by atoms with Crippen molar-refractivity contribution in [3.63, 3.8) is 0 Å². The molecule has 0 unspecified atom stereocenters. The smallest absolute Gasteiger partial charge is 0.337 e. The molecule has 0 saturated heterocycles. The third-order valence-corrected chi connectivity index (χ3v) is 6.43. The van der Waals surface area contributed by atoms with E-state index in [1.165, 1.54) is 17.7 Å². The van der Waals surface area contributed by atoms with Crippen molar-refractivity contribution in [2.45, 2.75) is 32.6 Å². The Labute approximate surface area is 240 Å². The van der Waals surface area contributed by atoms with E-state index in [4.69, 9.17) is 9.57 Å². The number of carbonyl (C=O) groups excluding carboxylic acids is 1. The molecule has 0 aromatic heterocycles. The van der Waals surface area contributed by atoms with E-state index < -0.39 is 11.9 Å². The van der Waals surface area contributed by atoms with Gasteiger partial charge < -0.3 is 20.0 Å². The fourth-order valence-electron chi connectivity index (χ4n) is 4.08. The maximum absolute atomic E-state index is 12.9. The molecule has 7 nitrogen and oxygen atoms in total. The van der Waals surface area contributed by atoms with Gasteiger partial charge in [0, 0.05) is 18.1 Å². The zero-order chi connectivity index (χ0) is 29.2. The van der Waals surface area contributed by atoms with Crippen LogP contribution in [0.15, 0.2) is 102 Å². The SMILES string of the molecule is CC(C)(C)c1ccc(/C=N\OCCCOc2ccc(C(=O)O)c(NC(=O)c3ccc(-c4ccccc4)cc3)c2)cc1. The van der Waals surface area contributed by atoms with E-state index in [0.29, 0.717) is 30.9 Å². The zero-order valence-electron chi connectivity index (χ0n) is 23.5. The second-order valence-corrected chi connectivity index (χ2v) is 10.6. The first-order valence-corrected chi connectivity index (χ1v) is 13.4. The predicted molar refractivity (Wildman–Crippen MR) is 162 cm³/mol. The lowest BCUT2D eigenvalue weighted by atomic mass is 9.87. The summed E-state index contributed by atoms with van der Waals surface area (Å²) >= 11 is 0. The van der Waals surface area contributed by atoms with Crippen molar-refractivity contribution in [2.75, 3.05) is 18.5 Å². The number of ether oxygens (including phenoxy) is 1. The first kappa shape index (κ1) is 29.1. The summed E-state index contributed by atoms with van der Waals surface area (Å²) in [7, 11) is 0. The second kappa shape index (κ2) is 13.4. The van der Waals surface area contributed by atoms with Crippen molar-refractivity contribution in [2.24, 2.45) is 5.16 Å². The Balaban J connectivity index is 1.28. The van der Waals surface area contributed by atoms with Gasteiger partial charge in [-0.3, -0.25) is 4.79 Å². The molecule has 1 amide bonds. The molecule has 4 rings (SSSR count). The Kier molecular flexibility index (Phi) is 9.53. The van der Waals surface area contributed by atoms with E-state index >= 15 is 0 Å². The van der Waals surface area contributed by atoms with Crippen molar-refractivity contribution >= 4 is 23.8 Å². The van der Waals surface area contributed by atoms with Crippen LogP contribution in [-0.4, -0.2) is 36.4 Å². The van der Waals surface area contributed by atoms with E-state index in [9.17, 15) is 14.7 Å². The van der Waals surface area contributed by atoms with Crippen molar-refractivity contribution in [3.05, 3.63) is 119 Å². The van der Waals surface area contributed by atoms with Gasteiger partial charge in [-0.15, -0.1) is 0 Å². The van der Waals surface area contributed by atoms with Crippen LogP contribution in [0.1, 0.15) is 59.0 Å². The molecular formula is C34H34N2O5. The fourth-order valence-corrected chi connectivity index (χ4v) is 4.08. The highest BCUT2D eigenvalue weighted by atomic mass is 16.6. The number of amides is 1. The maximum atomic E-state index is 12.9. The monoisotopic (exact) mass is 550 g/mol. The van der Waals surface area contributed by atoms with E-state index in [2.05, 4.69) is 43.4 Å². The largest absolute Gasteiger partial charge is 0.493 e. The lowest BCUT2D eigenvalue weighted by molar-refractivity contribution is 0.0698. The highest BCUT2D eigenvalue weighted by Gasteiger charge is 2.15. The number of aromatic carboxylic acids is 1. The van der Waals surface area contributed by atoms with Crippen molar-refractivity contribution < 1.29 is 24.3 Å². The maximum Gasteiger partial charge on any atom is 0.337 e. The molecule has 210 valence electrons. The van der Waals surface area contributed by atoms with Crippen LogP contribution in [0.2, 0.25) is 0 Å². The van der Waals surface area contributed by atoms with Crippen LogP contribution in [0, 0.1) is 0 Å². The molecule has 0 fully saturated rings. The van der Waals surface area contributed by atoms with Crippen molar-refractivity contribution in [1.29, 1.82) is 0 Å². The van der Waals surface area contributed by atoms with E-state index in [0.717, 1.165) is 16.7 Å². The molecule has 0 atom stereocenters. The molecule has 0 heterocycles. The summed E-state index contributed by atoms with van der Waals surface area (Å²) in [4.78, 5) is 30.0. The van der Waals surface area contributed by atoms with Crippen LogP contribution in [-0.2, 0) is 10.3 Å². The summed E-state index contributed by atoms with van der Waals surface area (Å²) < 4.78 is 5.77. The Morgan fingerprint density at radius 2 is 1.54 bits per heavy atom. The van der Waals surface area contributed by atoms with Crippen LogP contribution >= 0.6 is 0 Å². The van der Waals surface area contributed by atoms with Crippen LogP contribution in [0.25, 0.3) is 11.1 Å². The van der Waals surface area contributed by atoms with Gasteiger partial charge in [-0.1, -0.05) is 92.7 Å². The molecule has 0 aliphatic heterocycles. The van der Waals surface area contributed by atoms with Crippen LogP contribution in [0.3, 0.4) is 0 Å². The lowest BCUT2D eigenvalue weighted by Gasteiger charge is -2.18. The number of hydrogen-bond donors (Lipinski definition) is 2. The number of anilines is 1. The minimum absolute atomic E-state index is 0.0280. The summed E-state index contributed by atoms with van der Waals surface area (Å²) in [6.07, 6.45) is 2.23. The normalized spacial score (nSPS) is 11.3. The van der Waals surface area contributed by atoms with Gasteiger partial charge in [0.25, 0.3) is 5.91 Å². The molecular weight excluding hydrogens is 516 g/mol. The second-order valence-electron chi connectivity index (χ2n) is 10.6. The van der Waals surface area contributed by atoms with Gasteiger partial charge in [-0.25, -0.2) is 4.79 Å². The molecule has 0 aliphatic rings. The third-order valence-electron chi connectivity index (χ3n) is 6.43. The molecule has 4 aromatic carbocycles. The molecule has 41 heavy (non-hydrogen) atoms. The Morgan fingerprint density at radius 3 is 2.20 bits per heavy atom. The summed E-state index contributed by atoms with van der Waals surface area (Å²) in [5.41, 5.74) is 4.87. The van der Waals surface area contributed by atoms with E-state index in [-0.39, 0.29) is 16.7 Å². The number of oxime groups is 1. The number of nitrogens with one attached hydrogen (secondary N) is 1. The predicted octanol–water partition coefficient (Wildman–Crippen LogP) is 7.42. The fraction of sp³-hybridized carbons (Fsp3) is 0.206. The number of hydrogen-bond acceptors (Lipinski definition) is 5. The zero-order valence-corrected chi connectivity index (χ0v) is 23.5. The summed E-state index contributed by atoms with van der Waals surface area (Å²) in [6.45, 7) is 7.20. The number of carboxylic acids is 1. The quantitative estimate of drug-likeness (QED) is 0.115. The third kappa shape index (κ3) is 8.29. The Hall–Kier alpha value is -4.91. The molecule has 4 aromatic rings. The van der Waals surface area contributed by atoms with Gasteiger partial charge in [0.15, 0.2) is 0 Å². The molecule has 2 N–H and O–H groups in total. The van der Waals surface area contributed by atoms with Crippen LogP contribution < -0.4 is 10.1 Å². The highest BCUT2D eigenvalue weighted by Crippen LogP contribution is 2.25. The topological polar surface area (TPSA) is 97.2 Å². The molecule has 0 aliphatic carbocycles. The summed E-state index contributed by atoms with van der Waals surface area (Å²) in [5, 5.41) is 16.3. The van der Waals surface area contributed by atoms with Gasteiger partial charge in [0.1, 0.15) is 12.4 Å². The molecule has 0 saturated carbocycles. The minimum atomic E-state index is -1.15. The average Bonchev–Trinajstić information content (AvgIpc) is 2.97. The first-order chi connectivity index (χ1) is 19.7. The van der Waals surface area contributed by atoms with E-state index in [1.807, 2.05) is 54.6 Å². The number of carbonyl (C=O) groups is 2.